The number of hydrogen-bond acceptors (Lipinski definition) is 2. The van der Waals surface area contributed by atoms with Gasteiger partial charge in [-0.1, -0.05) is 36.5 Å². The minimum atomic E-state index is 0.312. The first-order valence-corrected chi connectivity index (χ1v) is 7.22. The first kappa shape index (κ1) is 15.9. The van der Waals surface area contributed by atoms with Gasteiger partial charge in [-0.3, -0.25) is 0 Å². The van der Waals surface area contributed by atoms with Crippen molar-refractivity contribution in [2.75, 3.05) is 19.8 Å². The van der Waals surface area contributed by atoms with Gasteiger partial charge in [0.05, 0.1) is 17.5 Å². The van der Waals surface area contributed by atoms with E-state index in [1.165, 1.54) is 0 Å². The van der Waals surface area contributed by atoms with Crippen LogP contribution in [0, 0.1) is 0 Å². The summed E-state index contributed by atoms with van der Waals surface area (Å²) in [4.78, 5) is 0. The number of hydrogen-bond donors (Lipinski definition) is 0. The summed E-state index contributed by atoms with van der Waals surface area (Å²) in [5.41, 5.74) is 0.794. The number of rotatable bonds is 8. The Morgan fingerprint density at radius 3 is 2.56 bits per heavy atom. The van der Waals surface area contributed by atoms with Gasteiger partial charge >= 0.3 is 0 Å². The molecule has 2 nitrogen and oxygen atoms in total. The molecule has 0 fully saturated rings. The number of unbranched alkanes of at least 4 members (excludes halogenated alkanes) is 1. The second-order valence-electron chi connectivity index (χ2n) is 3.82. The first-order valence-electron chi connectivity index (χ1n) is 5.93. The van der Waals surface area contributed by atoms with E-state index in [0.717, 1.165) is 25.0 Å². The van der Waals surface area contributed by atoms with E-state index < -0.39 is 0 Å². The molecule has 0 radical (unpaired) electrons. The maximum atomic E-state index is 6.07. The summed E-state index contributed by atoms with van der Waals surface area (Å²) in [5.74, 6) is 0.905. The molecule has 1 rings (SSSR count). The Morgan fingerprint density at radius 2 is 1.89 bits per heavy atom. The minimum absolute atomic E-state index is 0.312. The minimum Gasteiger partial charge on any atom is -0.489 e. The predicted octanol–water partition coefficient (Wildman–Crippen LogP) is 4.93. The molecular formula is C13H17Cl3O2. The summed E-state index contributed by atoms with van der Waals surface area (Å²) in [6.45, 7) is 3.88. The van der Waals surface area contributed by atoms with E-state index in [1.54, 1.807) is 12.1 Å². The third kappa shape index (κ3) is 5.23. The van der Waals surface area contributed by atoms with E-state index >= 15 is 0 Å². The summed E-state index contributed by atoms with van der Waals surface area (Å²) >= 11 is 17.8. The summed E-state index contributed by atoms with van der Waals surface area (Å²) in [6, 6.07) is 3.40. The summed E-state index contributed by atoms with van der Waals surface area (Å²) in [7, 11) is 0. The van der Waals surface area contributed by atoms with Gasteiger partial charge in [0.2, 0.25) is 0 Å². The van der Waals surface area contributed by atoms with Crippen LogP contribution in [0.4, 0.5) is 0 Å². The Labute approximate surface area is 123 Å². The Balaban J connectivity index is 2.46. The second-order valence-corrected chi connectivity index (χ2v) is 4.93. The highest BCUT2D eigenvalue weighted by Gasteiger charge is 2.09. The van der Waals surface area contributed by atoms with Crippen LogP contribution in [0.5, 0.6) is 5.75 Å². The molecule has 18 heavy (non-hydrogen) atoms. The van der Waals surface area contributed by atoms with Crippen LogP contribution in [0.15, 0.2) is 12.1 Å². The summed E-state index contributed by atoms with van der Waals surface area (Å²) < 4.78 is 11.0. The molecule has 0 bridgehead atoms. The zero-order valence-corrected chi connectivity index (χ0v) is 12.6. The van der Waals surface area contributed by atoms with Crippen molar-refractivity contribution in [3.63, 3.8) is 0 Å². The maximum absolute atomic E-state index is 6.07. The van der Waals surface area contributed by atoms with Crippen LogP contribution in [-0.2, 0) is 10.6 Å². The van der Waals surface area contributed by atoms with Gasteiger partial charge in [-0.2, -0.15) is 0 Å². The molecule has 0 aliphatic heterocycles. The zero-order chi connectivity index (χ0) is 13.4. The van der Waals surface area contributed by atoms with Crippen LogP contribution in [-0.4, -0.2) is 19.8 Å². The van der Waals surface area contributed by atoms with Crippen LogP contribution in [0.25, 0.3) is 0 Å². The fourth-order valence-corrected chi connectivity index (χ4v) is 2.21. The monoisotopic (exact) mass is 310 g/mol. The quantitative estimate of drug-likeness (QED) is 0.501. The number of ether oxygens (including phenoxy) is 2. The van der Waals surface area contributed by atoms with Crippen molar-refractivity contribution in [2.45, 2.75) is 25.6 Å². The van der Waals surface area contributed by atoms with Gasteiger partial charge in [-0.25, -0.2) is 0 Å². The lowest BCUT2D eigenvalue weighted by Gasteiger charge is -2.12. The molecule has 0 aromatic heterocycles. The van der Waals surface area contributed by atoms with Crippen LogP contribution in [0.2, 0.25) is 10.0 Å². The normalized spacial score (nSPS) is 10.7. The van der Waals surface area contributed by atoms with Gasteiger partial charge in [0.25, 0.3) is 0 Å². The number of benzene rings is 1. The predicted molar refractivity (Wildman–Crippen MR) is 77.2 cm³/mol. The lowest BCUT2D eigenvalue weighted by Crippen LogP contribution is -2.08. The van der Waals surface area contributed by atoms with E-state index in [4.69, 9.17) is 44.3 Å². The fourth-order valence-electron chi connectivity index (χ4n) is 1.43. The molecule has 0 aliphatic rings. The third-order valence-electron chi connectivity index (χ3n) is 2.35. The molecule has 0 unspecified atom stereocenters. The average Bonchev–Trinajstić information content (AvgIpc) is 2.35. The topological polar surface area (TPSA) is 18.5 Å². The van der Waals surface area contributed by atoms with Crippen molar-refractivity contribution in [1.29, 1.82) is 0 Å². The van der Waals surface area contributed by atoms with E-state index in [-0.39, 0.29) is 0 Å². The fraction of sp³-hybridized carbons (Fsp3) is 0.538. The Kier molecular flexibility index (Phi) is 7.84. The molecule has 0 heterocycles. The van der Waals surface area contributed by atoms with Gasteiger partial charge in [0.15, 0.2) is 0 Å². The molecule has 0 aliphatic carbocycles. The molecule has 0 saturated heterocycles. The van der Waals surface area contributed by atoms with E-state index in [2.05, 4.69) is 6.92 Å². The highest BCUT2D eigenvalue weighted by atomic mass is 35.5. The van der Waals surface area contributed by atoms with Gasteiger partial charge in [-0.15, -0.1) is 11.6 Å². The highest BCUT2D eigenvalue weighted by Crippen LogP contribution is 2.33. The lowest BCUT2D eigenvalue weighted by molar-refractivity contribution is 0.0978. The Bertz CT molecular complexity index is 369. The number of halogens is 3. The number of alkyl halides is 1. The standard InChI is InChI=1S/C13H17Cl3O2/c1-2-3-4-17-5-6-18-13-10(9-14)7-11(15)8-12(13)16/h7-8H,2-6,9H2,1H3. The van der Waals surface area contributed by atoms with Gasteiger partial charge in [-0.05, 0) is 18.6 Å². The zero-order valence-electron chi connectivity index (χ0n) is 10.3. The molecule has 1 aromatic carbocycles. The van der Waals surface area contributed by atoms with Gasteiger partial charge in [0.1, 0.15) is 12.4 Å². The van der Waals surface area contributed by atoms with E-state index in [9.17, 15) is 0 Å². The van der Waals surface area contributed by atoms with Crippen molar-refractivity contribution in [3.05, 3.63) is 27.7 Å². The van der Waals surface area contributed by atoms with Crippen LogP contribution >= 0.6 is 34.8 Å². The van der Waals surface area contributed by atoms with Crippen LogP contribution < -0.4 is 4.74 Å². The molecule has 102 valence electrons. The SMILES string of the molecule is CCCCOCCOc1c(Cl)cc(Cl)cc1CCl. The molecule has 1 aromatic rings. The molecule has 0 saturated carbocycles. The summed E-state index contributed by atoms with van der Waals surface area (Å²) in [5, 5.41) is 1.04. The molecular weight excluding hydrogens is 294 g/mol. The van der Waals surface area contributed by atoms with E-state index in [0.29, 0.717) is 34.9 Å². The maximum Gasteiger partial charge on any atom is 0.142 e. The van der Waals surface area contributed by atoms with Gasteiger partial charge < -0.3 is 9.47 Å². The van der Waals surface area contributed by atoms with Gasteiger partial charge in [0, 0.05) is 17.2 Å². The highest BCUT2D eigenvalue weighted by molar-refractivity contribution is 6.35. The second kappa shape index (κ2) is 8.87. The molecule has 0 amide bonds. The average molecular weight is 312 g/mol. The third-order valence-corrected chi connectivity index (χ3v) is 3.13. The lowest BCUT2D eigenvalue weighted by atomic mass is 10.2. The van der Waals surface area contributed by atoms with Crippen molar-refractivity contribution < 1.29 is 9.47 Å². The molecule has 5 heteroatoms. The van der Waals surface area contributed by atoms with Crippen molar-refractivity contribution in [3.8, 4) is 5.75 Å². The molecule has 0 spiro atoms. The van der Waals surface area contributed by atoms with Crippen molar-refractivity contribution in [2.24, 2.45) is 0 Å². The van der Waals surface area contributed by atoms with E-state index in [1.807, 2.05) is 0 Å². The molecule has 0 N–H and O–H groups in total. The first-order chi connectivity index (χ1) is 8.69. The largest absolute Gasteiger partial charge is 0.489 e. The van der Waals surface area contributed by atoms with Crippen LogP contribution in [0.1, 0.15) is 25.3 Å². The summed E-state index contributed by atoms with van der Waals surface area (Å²) in [6.07, 6.45) is 2.19. The van der Waals surface area contributed by atoms with Crippen molar-refractivity contribution >= 4 is 34.8 Å². The van der Waals surface area contributed by atoms with Crippen LogP contribution in [0.3, 0.4) is 0 Å². The Morgan fingerprint density at radius 1 is 1.11 bits per heavy atom. The smallest absolute Gasteiger partial charge is 0.142 e. The molecule has 0 atom stereocenters. The Hall–Kier alpha value is -0.150. The van der Waals surface area contributed by atoms with Crippen molar-refractivity contribution in [1.82, 2.24) is 0 Å².